The molecule has 13 heavy (non-hydrogen) atoms. The van der Waals surface area contributed by atoms with Gasteiger partial charge in [0.25, 0.3) is 0 Å². The van der Waals surface area contributed by atoms with E-state index >= 15 is 0 Å². The maximum absolute atomic E-state index is 9.41. The Bertz CT molecular complexity index is 193. The van der Waals surface area contributed by atoms with Crippen molar-refractivity contribution in [2.24, 2.45) is 0 Å². The third-order valence-corrected chi connectivity index (χ3v) is 2.35. The minimum Gasteiger partial charge on any atom is -0.387 e. The first-order valence-corrected chi connectivity index (χ1v) is 4.10. The summed E-state index contributed by atoms with van der Waals surface area (Å²) >= 11 is 0. The highest BCUT2D eigenvalue weighted by molar-refractivity contribution is 4.95. The van der Waals surface area contributed by atoms with E-state index in [-0.39, 0.29) is 6.10 Å². The highest BCUT2D eigenvalue weighted by Gasteiger charge is 2.49. The first-order chi connectivity index (χ1) is 6.11. The molecule has 2 aliphatic heterocycles. The van der Waals surface area contributed by atoms with Crippen molar-refractivity contribution in [3.05, 3.63) is 0 Å². The minimum absolute atomic E-state index is 0.285. The molecule has 0 aromatic heterocycles. The van der Waals surface area contributed by atoms with Gasteiger partial charge >= 0.3 is 0 Å². The fourth-order valence-corrected chi connectivity index (χ4v) is 1.44. The summed E-state index contributed by atoms with van der Waals surface area (Å²) in [6, 6.07) is 0. The van der Waals surface area contributed by atoms with Crippen LogP contribution in [-0.2, 0) is 9.47 Å². The van der Waals surface area contributed by atoms with E-state index in [1.165, 1.54) is 0 Å². The van der Waals surface area contributed by atoms with Gasteiger partial charge < -0.3 is 29.9 Å². The van der Waals surface area contributed by atoms with E-state index in [9.17, 15) is 10.2 Å². The van der Waals surface area contributed by atoms with E-state index in [0.717, 1.165) is 0 Å². The number of hydrogen-bond donors (Lipinski definition) is 4. The van der Waals surface area contributed by atoms with Gasteiger partial charge in [0.2, 0.25) is 0 Å². The quantitative estimate of drug-likeness (QED) is 0.334. The molecule has 0 aromatic carbocycles. The molecular weight excluding hydrogens is 180 g/mol. The van der Waals surface area contributed by atoms with Crippen molar-refractivity contribution in [2.45, 2.75) is 36.8 Å². The van der Waals surface area contributed by atoms with Gasteiger partial charge in [-0.3, -0.25) is 0 Å². The largest absolute Gasteiger partial charge is 0.387 e. The fraction of sp³-hybridized carbons (Fsp3) is 1.00. The minimum atomic E-state index is -1.47. The second-order valence-corrected chi connectivity index (χ2v) is 3.33. The number of ether oxygens (including phenoxy) is 2. The van der Waals surface area contributed by atoms with E-state index in [1.807, 2.05) is 0 Å². The summed E-state index contributed by atoms with van der Waals surface area (Å²) in [6.07, 6.45) is -6.58. The average Bonchev–Trinajstić information content (AvgIpc) is 2.91. The highest BCUT2D eigenvalue weighted by Crippen LogP contribution is 2.28. The van der Waals surface area contributed by atoms with E-state index < -0.39 is 30.7 Å². The molecule has 0 amide bonds. The first kappa shape index (κ1) is 9.32. The third kappa shape index (κ3) is 1.56. The number of aliphatic hydroxyl groups excluding tert-OH is 4. The Morgan fingerprint density at radius 1 is 0.923 bits per heavy atom. The van der Waals surface area contributed by atoms with E-state index in [2.05, 4.69) is 0 Å². The molecule has 0 unspecified atom stereocenters. The highest BCUT2D eigenvalue weighted by atomic mass is 16.7. The molecule has 0 aliphatic carbocycles. The van der Waals surface area contributed by atoms with Crippen LogP contribution in [0, 0.1) is 0 Å². The second kappa shape index (κ2) is 3.16. The molecule has 2 saturated heterocycles. The van der Waals surface area contributed by atoms with E-state index in [4.69, 9.17) is 19.7 Å². The Morgan fingerprint density at radius 3 is 2.08 bits per heavy atom. The van der Waals surface area contributed by atoms with Crippen LogP contribution in [0.5, 0.6) is 0 Å². The van der Waals surface area contributed by atoms with Crippen LogP contribution in [-0.4, -0.2) is 63.8 Å². The summed E-state index contributed by atoms with van der Waals surface area (Å²) in [5.74, 6) is 0. The van der Waals surface area contributed by atoms with Gasteiger partial charge in [-0.25, -0.2) is 0 Å². The molecule has 0 bridgehead atoms. The van der Waals surface area contributed by atoms with Crippen LogP contribution in [0.1, 0.15) is 0 Å². The van der Waals surface area contributed by atoms with Crippen molar-refractivity contribution in [1.29, 1.82) is 0 Å². The molecule has 6 heteroatoms. The van der Waals surface area contributed by atoms with Gasteiger partial charge in [-0.15, -0.1) is 0 Å². The molecule has 76 valence electrons. The maximum Gasteiger partial charge on any atom is 0.184 e. The number of aliphatic hydroxyl groups is 4. The smallest absolute Gasteiger partial charge is 0.184 e. The molecule has 0 spiro atoms. The lowest BCUT2D eigenvalue weighted by molar-refractivity contribution is -0.284. The van der Waals surface area contributed by atoms with Crippen LogP contribution in [0.15, 0.2) is 0 Å². The molecule has 6 atom stereocenters. The molecule has 4 N–H and O–H groups in total. The fourth-order valence-electron chi connectivity index (χ4n) is 1.44. The predicted octanol–water partition coefficient (Wildman–Crippen LogP) is -2.81. The van der Waals surface area contributed by atoms with Crippen LogP contribution < -0.4 is 0 Å². The summed E-state index contributed by atoms with van der Waals surface area (Å²) < 4.78 is 9.74. The topological polar surface area (TPSA) is 103 Å². The summed E-state index contributed by atoms with van der Waals surface area (Å²) in [5, 5.41) is 36.9. The molecule has 0 saturated carbocycles. The summed E-state index contributed by atoms with van der Waals surface area (Å²) in [7, 11) is 0. The van der Waals surface area contributed by atoms with Crippen molar-refractivity contribution in [3.8, 4) is 0 Å². The van der Waals surface area contributed by atoms with Crippen LogP contribution in [0.3, 0.4) is 0 Å². The van der Waals surface area contributed by atoms with E-state index in [1.54, 1.807) is 0 Å². The summed E-state index contributed by atoms with van der Waals surface area (Å²) in [6.45, 7) is 0.442. The Kier molecular flexibility index (Phi) is 2.26. The Morgan fingerprint density at radius 2 is 1.54 bits per heavy atom. The lowest BCUT2D eigenvalue weighted by atomic mass is 9.97. The lowest BCUT2D eigenvalue weighted by Crippen LogP contribution is -2.59. The van der Waals surface area contributed by atoms with Gasteiger partial charge in [-0.2, -0.15) is 0 Å². The number of rotatable bonds is 1. The molecule has 2 rings (SSSR count). The Hall–Kier alpha value is -0.240. The molecule has 2 fully saturated rings. The molecule has 0 aromatic rings. The normalized spacial score (nSPS) is 56.3. The van der Waals surface area contributed by atoms with Gasteiger partial charge in [0.1, 0.15) is 30.5 Å². The van der Waals surface area contributed by atoms with Crippen molar-refractivity contribution in [1.82, 2.24) is 0 Å². The van der Waals surface area contributed by atoms with Crippen molar-refractivity contribution in [2.75, 3.05) is 6.61 Å². The summed E-state index contributed by atoms with van der Waals surface area (Å²) in [4.78, 5) is 0. The molecule has 2 heterocycles. The standard InChI is InChI=1S/C7H12O6/c8-3-4(9)6(2-1-12-2)13-7(11)5(3)10/h2-11H,1H2/t2-,3-,4-,5-,6+,7-/m0/s1. The molecular formula is C7H12O6. The van der Waals surface area contributed by atoms with Crippen LogP contribution in [0.2, 0.25) is 0 Å². The van der Waals surface area contributed by atoms with Gasteiger partial charge in [-0.1, -0.05) is 0 Å². The number of hydrogen-bond acceptors (Lipinski definition) is 6. The monoisotopic (exact) mass is 192 g/mol. The van der Waals surface area contributed by atoms with Crippen LogP contribution >= 0.6 is 0 Å². The zero-order chi connectivity index (χ0) is 9.59. The van der Waals surface area contributed by atoms with Crippen molar-refractivity contribution >= 4 is 0 Å². The van der Waals surface area contributed by atoms with E-state index in [0.29, 0.717) is 6.61 Å². The van der Waals surface area contributed by atoms with Crippen LogP contribution in [0.4, 0.5) is 0 Å². The zero-order valence-electron chi connectivity index (χ0n) is 6.78. The maximum atomic E-state index is 9.41. The Labute approximate surface area is 74.3 Å². The zero-order valence-corrected chi connectivity index (χ0v) is 6.78. The van der Waals surface area contributed by atoms with Crippen molar-refractivity contribution in [3.63, 3.8) is 0 Å². The van der Waals surface area contributed by atoms with Gasteiger partial charge in [0.05, 0.1) is 6.61 Å². The van der Waals surface area contributed by atoms with Gasteiger partial charge in [0.15, 0.2) is 6.29 Å². The Balaban J connectivity index is 2.05. The first-order valence-electron chi connectivity index (χ1n) is 4.10. The molecule has 6 nitrogen and oxygen atoms in total. The van der Waals surface area contributed by atoms with Crippen molar-refractivity contribution < 1.29 is 29.9 Å². The number of epoxide rings is 1. The van der Waals surface area contributed by atoms with Gasteiger partial charge in [0, 0.05) is 0 Å². The van der Waals surface area contributed by atoms with Crippen LogP contribution in [0.25, 0.3) is 0 Å². The van der Waals surface area contributed by atoms with Gasteiger partial charge in [-0.05, 0) is 0 Å². The SMILES string of the molecule is O[C@H]1[C@H](O)[C@@H]([C@@H]2CO2)O[C@H](O)[C@H]1O. The second-order valence-electron chi connectivity index (χ2n) is 3.33. The average molecular weight is 192 g/mol. The third-order valence-electron chi connectivity index (χ3n) is 2.35. The molecule has 2 aliphatic rings. The molecule has 0 radical (unpaired) electrons. The lowest BCUT2D eigenvalue weighted by Gasteiger charge is -2.37. The summed E-state index contributed by atoms with van der Waals surface area (Å²) in [5.41, 5.74) is 0. The predicted molar refractivity (Wildman–Crippen MR) is 38.6 cm³/mol.